The Morgan fingerprint density at radius 3 is 2.74 bits per heavy atom. The van der Waals surface area contributed by atoms with Crippen LogP contribution in [0, 0.1) is 11.3 Å². The van der Waals surface area contributed by atoms with Crippen molar-refractivity contribution in [1.29, 1.82) is 0 Å². The van der Waals surface area contributed by atoms with Crippen molar-refractivity contribution in [1.82, 2.24) is 0 Å². The lowest BCUT2D eigenvalue weighted by atomic mass is 9.61. The van der Waals surface area contributed by atoms with E-state index in [4.69, 9.17) is 4.42 Å². The van der Waals surface area contributed by atoms with Gasteiger partial charge in [0.15, 0.2) is 0 Å². The molecule has 2 atom stereocenters. The van der Waals surface area contributed by atoms with Crippen molar-refractivity contribution in [3.63, 3.8) is 0 Å². The smallest absolute Gasteiger partial charge is 0.0934 e. The number of aliphatic hydroxyl groups excluding tert-OH is 1. The number of furan rings is 1. The van der Waals surface area contributed by atoms with Gasteiger partial charge >= 0.3 is 0 Å². The average molecular weight is 262 g/mol. The Bertz CT molecular complexity index is 376. The zero-order valence-electron chi connectivity index (χ0n) is 11.8. The van der Waals surface area contributed by atoms with Gasteiger partial charge in [-0.25, -0.2) is 0 Å². The van der Waals surface area contributed by atoms with Crippen molar-refractivity contribution in [3.8, 4) is 0 Å². The highest BCUT2D eigenvalue weighted by atomic mass is 16.3. The van der Waals surface area contributed by atoms with Crippen LogP contribution in [0.1, 0.15) is 63.4 Å². The summed E-state index contributed by atoms with van der Waals surface area (Å²) in [5.74, 6) is 0.706. The highest BCUT2D eigenvalue weighted by molar-refractivity contribution is 5.05. The molecule has 0 aliphatic heterocycles. The molecule has 1 aromatic heterocycles. The van der Waals surface area contributed by atoms with E-state index in [0.717, 1.165) is 12.8 Å². The average Bonchev–Trinajstić information content (AvgIpc) is 2.95. The summed E-state index contributed by atoms with van der Waals surface area (Å²) in [4.78, 5) is 0. The molecule has 106 valence electrons. The van der Waals surface area contributed by atoms with Crippen LogP contribution in [0.2, 0.25) is 0 Å². The fraction of sp³-hybridized carbons (Fsp3) is 0.765. The SMILES string of the molecule is OC1CC(CCc2ccoc2)CCC12CCCCC2. The molecule has 2 aliphatic carbocycles. The van der Waals surface area contributed by atoms with E-state index >= 15 is 0 Å². The molecule has 0 saturated heterocycles. The molecule has 2 fully saturated rings. The normalized spacial score (nSPS) is 30.6. The molecule has 0 amide bonds. The van der Waals surface area contributed by atoms with Gasteiger partial charge in [0, 0.05) is 0 Å². The molecule has 1 aromatic rings. The second-order valence-corrected chi connectivity index (χ2v) is 6.75. The Morgan fingerprint density at radius 1 is 1.21 bits per heavy atom. The second-order valence-electron chi connectivity index (χ2n) is 6.75. The van der Waals surface area contributed by atoms with Crippen LogP contribution in [0.4, 0.5) is 0 Å². The first-order valence-corrected chi connectivity index (χ1v) is 7.98. The summed E-state index contributed by atoms with van der Waals surface area (Å²) in [5.41, 5.74) is 1.59. The van der Waals surface area contributed by atoms with Crippen molar-refractivity contribution < 1.29 is 9.52 Å². The minimum Gasteiger partial charge on any atom is -0.472 e. The van der Waals surface area contributed by atoms with Crippen LogP contribution >= 0.6 is 0 Å². The highest BCUT2D eigenvalue weighted by Crippen LogP contribution is 2.49. The number of hydrogen-bond donors (Lipinski definition) is 1. The molecule has 2 unspecified atom stereocenters. The molecular weight excluding hydrogens is 236 g/mol. The molecule has 0 aromatic carbocycles. The summed E-state index contributed by atoms with van der Waals surface area (Å²) in [6, 6.07) is 2.06. The van der Waals surface area contributed by atoms with Crippen LogP contribution in [-0.4, -0.2) is 11.2 Å². The van der Waals surface area contributed by atoms with Gasteiger partial charge in [0.25, 0.3) is 0 Å². The van der Waals surface area contributed by atoms with Gasteiger partial charge in [-0.15, -0.1) is 0 Å². The summed E-state index contributed by atoms with van der Waals surface area (Å²) < 4.78 is 5.12. The van der Waals surface area contributed by atoms with Crippen molar-refractivity contribution in [2.75, 3.05) is 0 Å². The van der Waals surface area contributed by atoms with Gasteiger partial charge in [0.05, 0.1) is 18.6 Å². The summed E-state index contributed by atoms with van der Waals surface area (Å²) in [7, 11) is 0. The van der Waals surface area contributed by atoms with Gasteiger partial charge in [-0.05, 0) is 67.9 Å². The van der Waals surface area contributed by atoms with E-state index in [-0.39, 0.29) is 6.10 Å². The number of rotatable bonds is 3. The molecule has 1 spiro atoms. The standard InChI is InChI=1S/C17H26O2/c18-16-12-14(4-5-15-7-11-19-13-15)6-10-17(16)8-2-1-3-9-17/h7,11,13-14,16,18H,1-6,8-10,12H2. The maximum Gasteiger partial charge on any atom is 0.0934 e. The van der Waals surface area contributed by atoms with Gasteiger partial charge < -0.3 is 9.52 Å². The van der Waals surface area contributed by atoms with E-state index in [1.165, 1.54) is 56.9 Å². The summed E-state index contributed by atoms with van der Waals surface area (Å²) in [6.45, 7) is 0. The highest BCUT2D eigenvalue weighted by Gasteiger charge is 2.42. The third-order valence-corrected chi connectivity index (χ3v) is 5.58. The predicted molar refractivity (Wildman–Crippen MR) is 75.9 cm³/mol. The van der Waals surface area contributed by atoms with Crippen LogP contribution in [0.25, 0.3) is 0 Å². The van der Waals surface area contributed by atoms with E-state index in [1.807, 2.05) is 6.26 Å². The van der Waals surface area contributed by atoms with E-state index in [2.05, 4.69) is 6.07 Å². The lowest BCUT2D eigenvalue weighted by Gasteiger charge is -2.46. The van der Waals surface area contributed by atoms with Crippen LogP contribution in [0.15, 0.2) is 23.0 Å². The molecular formula is C17H26O2. The third-order valence-electron chi connectivity index (χ3n) is 5.58. The minimum atomic E-state index is -0.0455. The summed E-state index contributed by atoms with van der Waals surface area (Å²) in [6.07, 6.45) is 16.0. The second kappa shape index (κ2) is 5.70. The molecule has 1 heterocycles. The Kier molecular flexibility index (Phi) is 3.97. The minimum absolute atomic E-state index is 0.0455. The Labute approximate surface area is 116 Å². The maximum atomic E-state index is 10.6. The van der Waals surface area contributed by atoms with Gasteiger partial charge in [0.1, 0.15) is 0 Å². The summed E-state index contributed by atoms with van der Waals surface area (Å²) in [5, 5.41) is 10.6. The van der Waals surface area contributed by atoms with E-state index in [1.54, 1.807) is 6.26 Å². The topological polar surface area (TPSA) is 33.4 Å². The largest absolute Gasteiger partial charge is 0.472 e. The van der Waals surface area contributed by atoms with Crippen LogP contribution in [-0.2, 0) is 6.42 Å². The van der Waals surface area contributed by atoms with Gasteiger partial charge in [-0.2, -0.15) is 0 Å². The number of aliphatic hydroxyl groups is 1. The maximum absolute atomic E-state index is 10.6. The molecule has 3 rings (SSSR count). The van der Waals surface area contributed by atoms with E-state index in [0.29, 0.717) is 11.3 Å². The van der Waals surface area contributed by atoms with Crippen LogP contribution in [0.3, 0.4) is 0 Å². The molecule has 2 nitrogen and oxygen atoms in total. The first kappa shape index (κ1) is 13.2. The molecule has 0 radical (unpaired) electrons. The third kappa shape index (κ3) is 2.89. The first-order chi connectivity index (χ1) is 9.28. The number of aryl methyl sites for hydroxylation is 1. The lowest BCUT2D eigenvalue weighted by molar-refractivity contribution is -0.0545. The van der Waals surface area contributed by atoms with E-state index < -0.39 is 0 Å². The monoisotopic (exact) mass is 262 g/mol. The zero-order valence-corrected chi connectivity index (χ0v) is 11.8. The van der Waals surface area contributed by atoms with Crippen molar-refractivity contribution >= 4 is 0 Å². The van der Waals surface area contributed by atoms with Crippen molar-refractivity contribution in [3.05, 3.63) is 24.2 Å². The Balaban J connectivity index is 1.52. The Morgan fingerprint density at radius 2 is 2.05 bits per heavy atom. The van der Waals surface area contributed by atoms with Gasteiger partial charge in [-0.3, -0.25) is 0 Å². The fourth-order valence-corrected chi connectivity index (χ4v) is 4.25. The lowest BCUT2D eigenvalue weighted by Crippen LogP contribution is -2.42. The molecule has 1 N–H and O–H groups in total. The fourth-order valence-electron chi connectivity index (χ4n) is 4.25. The van der Waals surface area contributed by atoms with Gasteiger partial charge in [0.2, 0.25) is 0 Å². The van der Waals surface area contributed by atoms with Crippen LogP contribution < -0.4 is 0 Å². The quantitative estimate of drug-likeness (QED) is 0.880. The van der Waals surface area contributed by atoms with Gasteiger partial charge in [-0.1, -0.05) is 19.3 Å². The predicted octanol–water partition coefficient (Wildman–Crippen LogP) is 4.32. The zero-order chi connectivity index (χ0) is 13.1. The molecule has 0 bridgehead atoms. The summed E-state index contributed by atoms with van der Waals surface area (Å²) >= 11 is 0. The first-order valence-electron chi connectivity index (χ1n) is 7.98. The molecule has 2 saturated carbocycles. The van der Waals surface area contributed by atoms with Crippen LogP contribution in [0.5, 0.6) is 0 Å². The molecule has 2 heteroatoms. The van der Waals surface area contributed by atoms with E-state index in [9.17, 15) is 5.11 Å². The molecule has 19 heavy (non-hydrogen) atoms. The number of hydrogen-bond acceptors (Lipinski definition) is 2. The van der Waals surface area contributed by atoms with Crippen molar-refractivity contribution in [2.45, 2.75) is 70.3 Å². The Hall–Kier alpha value is -0.760. The molecule has 2 aliphatic rings. The van der Waals surface area contributed by atoms with Crippen molar-refractivity contribution in [2.24, 2.45) is 11.3 Å².